The van der Waals surface area contributed by atoms with E-state index in [1.165, 1.54) is 12.1 Å². The van der Waals surface area contributed by atoms with E-state index in [2.05, 4.69) is 9.97 Å². The molecule has 0 aliphatic carbocycles. The predicted octanol–water partition coefficient (Wildman–Crippen LogP) is 4.26. The Hall–Kier alpha value is -2.21. The van der Waals surface area contributed by atoms with Gasteiger partial charge in [0.2, 0.25) is 5.88 Å². The molecule has 0 N–H and O–H groups in total. The van der Waals surface area contributed by atoms with Gasteiger partial charge in [-0.15, -0.1) is 0 Å². The molecule has 0 saturated carbocycles. The lowest BCUT2D eigenvalue weighted by atomic mass is 10.2. The highest BCUT2D eigenvalue weighted by Crippen LogP contribution is 2.30. The molecule has 0 unspecified atom stereocenters. The van der Waals surface area contributed by atoms with Gasteiger partial charge in [0.25, 0.3) is 5.69 Å². The Kier molecular flexibility index (Phi) is 4.37. The molecule has 0 atom stereocenters. The third kappa shape index (κ3) is 3.46. The van der Waals surface area contributed by atoms with Crippen LogP contribution in [0, 0.1) is 17.0 Å². The first kappa shape index (κ1) is 15.2. The normalized spacial score (nSPS) is 10.7. The Morgan fingerprint density at radius 3 is 2.67 bits per heavy atom. The highest BCUT2D eigenvalue weighted by molar-refractivity contribution is 6.30. The molecule has 0 spiro atoms. The number of hydrogen-bond acceptors (Lipinski definition) is 5. The number of non-ortho nitro benzene ring substituents is 1. The molecule has 0 aliphatic rings. The molecule has 1 aromatic carbocycles. The summed E-state index contributed by atoms with van der Waals surface area (Å²) in [5.74, 6) is 1.29. The van der Waals surface area contributed by atoms with Crippen molar-refractivity contribution in [1.29, 1.82) is 0 Å². The second kappa shape index (κ2) is 6.05. The number of ether oxygens (including phenoxy) is 1. The molecule has 6 nitrogen and oxygen atoms in total. The number of nitro groups is 1. The minimum Gasteiger partial charge on any atom is -0.438 e. The smallest absolute Gasteiger partial charge is 0.273 e. The SMILES string of the molecule is Cc1c(Cl)nc(C(C)C)nc1Oc1cccc([N+](=O)[O-])c1. The van der Waals surface area contributed by atoms with Gasteiger partial charge in [0.15, 0.2) is 0 Å². The Labute approximate surface area is 126 Å². The van der Waals surface area contributed by atoms with Gasteiger partial charge in [-0.3, -0.25) is 10.1 Å². The van der Waals surface area contributed by atoms with Crippen LogP contribution < -0.4 is 4.74 Å². The van der Waals surface area contributed by atoms with Crippen LogP contribution in [-0.4, -0.2) is 14.9 Å². The van der Waals surface area contributed by atoms with E-state index in [1.54, 1.807) is 19.1 Å². The lowest BCUT2D eigenvalue weighted by Crippen LogP contribution is -2.02. The van der Waals surface area contributed by atoms with Crippen molar-refractivity contribution in [3.05, 3.63) is 50.9 Å². The van der Waals surface area contributed by atoms with Gasteiger partial charge in [-0.1, -0.05) is 31.5 Å². The second-order valence-corrected chi connectivity index (χ2v) is 5.17. The molecule has 21 heavy (non-hydrogen) atoms. The first-order valence-electron chi connectivity index (χ1n) is 6.35. The van der Waals surface area contributed by atoms with E-state index in [0.717, 1.165) is 0 Å². The number of aromatic nitrogens is 2. The number of halogens is 1. The Bertz CT molecular complexity index is 689. The maximum absolute atomic E-state index is 10.8. The minimum atomic E-state index is -0.480. The van der Waals surface area contributed by atoms with E-state index in [4.69, 9.17) is 16.3 Å². The second-order valence-electron chi connectivity index (χ2n) is 4.81. The van der Waals surface area contributed by atoms with Crippen molar-refractivity contribution in [3.8, 4) is 11.6 Å². The molecular weight excluding hydrogens is 294 g/mol. The van der Waals surface area contributed by atoms with Crippen LogP contribution in [0.5, 0.6) is 11.6 Å². The summed E-state index contributed by atoms with van der Waals surface area (Å²) in [5, 5.41) is 11.1. The van der Waals surface area contributed by atoms with Gasteiger partial charge in [0, 0.05) is 17.5 Å². The van der Waals surface area contributed by atoms with E-state index in [-0.39, 0.29) is 11.6 Å². The van der Waals surface area contributed by atoms with Gasteiger partial charge >= 0.3 is 0 Å². The summed E-state index contributed by atoms with van der Waals surface area (Å²) >= 11 is 6.07. The summed E-state index contributed by atoms with van der Waals surface area (Å²) in [6, 6.07) is 5.91. The summed E-state index contributed by atoms with van der Waals surface area (Å²) in [5.41, 5.74) is 0.543. The van der Waals surface area contributed by atoms with Gasteiger partial charge in [0.05, 0.1) is 11.0 Å². The van der Waals surface area contributed by atoms with Crippen molar-refractivity contribution in [2.24, 2.45) is 0 Å². The van der Waals surface area contributed by atoms with Crippen LogP contribution in [0.3, 0.4) is 0 Å². The summed E-state index contributed by atoms with van der Waals surface area (Å²) in [6.45, 7) is 5.62. The first-order valence-corrected chi connectivity index (χ1v) is 6.72. The fourth-order valence-corrected chi connectivity index (χ4v) is 1.78. The highest BCUT2D eigenvalue weighted by atomic mass is 35.5. The van der Waals surface area contributed by atoms with E-state index >= 15 is 0 Å². The molecule has 1 heterocycles. The fourth-order valence-electron chi connectivity index (χ4n) is 1.62. The van der Waals surface area contributed by atoms with Crippen LogP contribution in [0.25, 0.3) is 0 Å². The van der Waals surface area contributed by atoms with Crippen molar-refractivity contribution in [2.45, 2.75) is 26.7 Å². The highest BCUT2D eigenvalue weighted by Gasteiger charge is 2.15. The summed E-state index contributed by atoms with van der Waals surface area (Å²) in [6.07, 6.45) is 0. The summed E-state index contributed by atoms with van der Waals surface area (Å²) < 4.78 is 5.63. The lowest BCUT2D eigenvalue weighted by molar-refractivity contribution is -0.384. The summed E-state index contributed by atoms with van der Waals surface area (Å²) in [7, 11) is 0. The third-order valence-electron chi connectivity index (χ3n) is 2.82. The molecule has 0 radical (unpaired) electrons. The molecule has 0 saturated heterocycles. The first-order chi connectivity index (χ1) is 9.88. The molecule has 2 aromatic rings. The van der Waals surface area contributed by atoms with E-state index in [1.807, 2.05) is 13.8 Å². The molecule has 1 aromatic heterocycles. The van der Waals surface area contributed by atoms with E-state index in [9.17, 15) is 10.1 Å². The summed E-state index contributed by atoms with van der Waals surface area (Å²) in [4.78, 5) is 18.8. The van der Waals surface area contributed by atoms with Gasteiger partial charge in [-0.2, -0.15) is 4.98 Å². The quantitative estimate of drug-likeness (QED) is 0.479. The number of hydrogen-bond donors (Lipinski definition) is 0. The molecule has 7 heteroatoms. The van der Waals surface area contributed by atoms with Crippen LogP contribution in [0.2, 0.25) is 5.15 Å². The largest absolute Gasteiger partial charge is 0.438 e. The van der Waals surface area contributed by atoms with Gasteiger partial charge in [0.1, 0.15) is 16.7 Å². The van der Waals surface area contributed by atoms with Gasteiger partial charge in [-0.25, -0.2) is 4.98 Å². The molecule has 2 rings (SSSR count). The zero-order valence-corrected chi connectivity index (χ0v) is 12.6. The minimum absolute atomic E-state index is 0.0469. The molecule has 0 bridgehead atoms. The molecule has 0 aliphatic heterocycles. The van der Waals surface area contributed by atoms with Crippen molar-refractivity contribution in [3.63, 3.8) is 0 Å². The van der Waals surface area contributed by atoms with E-state index in [0.29, 0.717) is 28.2 Å². The Balaban J connectivity index is 2.39. The molecule has 0 fully saturated rings. The zero-order valence-electron chi connectivity index (χ0n) is 11.8. The zero-order chi connectivity index (χ0) is 15.6. The topological polar surface area (TPSA) is 78.2 Å². The fraction of sp³-hybridized carbons (Fsp3) is 0.286. The Morgan fingerprint density at radius 2 is 2.05 bits per heavy atom. The average Bonchev–Trinajstić information content (AvgIpc) is 2.43. The van der Waals surface area contributed by atoms with Crippen LogP contribution in [-0.2, 0) is 0 Å². The van der Waals surface area contributed by atoms with Crippen LogP contribution in [0.4, 0.5) is 5.69 Å². The van der Waals surface area contributed by atoms with Crippen LogP contribution >= 0.6 is 11.6 Å². The van der Waals surface area contributed by atoms with Gasteiger partial charge in [-0.05, 0) is 13.0 Å². The molecule has 0 amide bonds. The Morgan fingerprint density at radius 1 is 1.33 bits per heavy atom. The van der Waals surface area contributed by atoms with Crippen molar-refractivity contribution in [1.82, 2.24) is 9.97 Å². The number of nitro benzene ring substituents is 1. The predicted molar refractivity (Wildman–Crippen MR) is 79.0 cm³/mol. The standard InChI is InChI=1S/C14H14ClN3O3/c1-8(2)13-16-12(15)9(3)14(17-13)21-11-6-4-5-10(7-11)18(19)20/h4-8H,1-3H3. The number of rotatable bonds is 4. The monoisotopic (exact) mass is 307 g/mol. The van der Waals surface area contributed by atoms with Crippen molar-refractivity contribution < 1.29 is 9.66 Å². The molecular formula is C14H14ClN3O3. The van der Waals surface area contributed by atoms with Crippen molar-refractivity contribution in [2.75, 3.05) is 0 Å². The third-order valence-corrected chi connectivity index (χ3v) is 3.19. The van der Waals surface area contributed by atoms with Crippen LogP contribution in [0.15, 0.2) is 24.3 Å². The van der Waals surface area contributed by atoms with Crippen molar-refractivity contribution >= 4 is 17.3 Å². The number of benzene rings is 1. The number of nitrogens with zero attached hydrogens (tertiary/aromatic N) is 3. The van der Waals surface area contributed by atoms with Crippen LogP contribution in [0.1, 0.15) is 31.2 Å². The molecule has 110 valence electrons. The average molecular weight is 308 g/mol. The maximum Gasteiger partial charge on any atom is 0.273 e. The maximum atomic E-state index is 10.8. The van der Waals surface area contributed by atoms with E-state index < -0.39 is 4.92 Å². The lowest BCUT2D eigenvalue weighted by Gasteiger charge is -2.11. The van der Waals surface area contributed by atoms with Gasteiger partial charge < -0.3 is 4.74 Å².